The molecule has 0 bridgehead atoms. The summed E-state index contributed by atoms with van der Waals surface area (Å²) in [6.07, 6.45) is -3.43. The van der Waals surface area contributed by atoms with Crippen LogP contribution in [0.25, 0.3) is 10.9 Å². The minimum atomic E-state index is -4.51. The van der Waals surface area contributed by atoms with Crippen LogP contribution in [0, 0.1) is 10.1 Å². The van der Waals surface area contributed by atoms with Crippen LogP contribution in [0.1, 0.15) is 5.56 Å². The highest BCUT2D eigenvalue weighted by molar-refractivity contribution is 9.10. The number of pyridine rings is 1. The minimum absolute atomic E-state index is 0.0793. The van der Waals surface area contributed by atoms with E-state index in [9.17, 15) is 23.3 Å². The fourth-order valence-corrected chi connectivity index (χ4v) is 2.70. The van der Waals surface area contributed by atoms with Crippen LogP contribution >= 0.6 is 15.9 Å². The lowest BCUT2D eigenvalue weighted by Gasteiger charge is -2.12. The molecule has 0 spiro atoms. The van der Waals surface area contributed by atoms with E-state index in [4.69, 9.17) is 0 Å². The van der Waals surface area contributed by atoms with Crippen molar-refractivity contribution in [3.63, 3.8) is 0 Å². The summed E-state index contributed by atoms with van der Waals surface area (Å²) in [5, 5.41) is 14.5. The molecule has 0 aliphatic heterocycles. The van der Waals surface area contributed by atoms with Crippen LogP contribution < -0.4 is 5.32 Å². The first-order chi connectivity index (χ1) is 11.8. The van der Waals surface area contributed by atoms with E-state index in [-0.39, 0.29) is 17.1 Å². The van der Waals surface area contributed by atoms with Crippen LogP contribution in [0.4, 0.5) is 30.2 Å². The number of rotatable bonds is 3. The quantitative estimate of drug-likeness (QED) is 0.445. The molecule has 3 rings (SSSR count). The number of aromatic nitrogens is 1. The molecule has 0 fully saturated rings. The van der Waals surface area contributed by atoms with E-state index in [0.717, 1.165) is 18.3 Å². The number of nitro groups is 1. The summed E-state index contributed by atoms with van der Waals surface area (Å²) in [5.74, 6) is 0. The number of hydrogen-bond donors (Lipinski definition) is 1. The van der Waals surface area contributed by atoms with Gasteiger partial charge in [0.15, 0.2) is 0 Å². The maximum absolute atomic E-state index is 12.9. The molecule has 1 aromatic heterocycles. The Morgan fingerprint density at radius 2 is 1.92 bits per heavy atom. The second kappa shape index (κ2) is 6.32. The highest BCUT2D eigenvalue weighted by Crippen LogP contribution is 2.37. The molecule has 0 amide bonds. The molecular formula is C16H9BrF3N3O2. The van der Waals surface area contributed by atoms with Gasteiger partial charge in [-0.05, 0) is 36.4 Å². The molecule has 1 N–H and O–H groups in total. The number of nitrogens with zero attached hydrogens (tertiary/aromatic N) is 2. The van der Waals surface area contributed by atoms with Crippen LogP contribution in [0.2, 0.25) is 0 Å². The van der Waals surface area contributed by atoms with Gasteiger partial charge in [0.05, 0.1) is 16.0 Å². The van der Waals surface area contributed by atoms with Gasteiger partial charge in [-0.1, -0.05) is 22.0 Å². The topological polar surface area (TPSA) is 68.1 Å². The lowest BCUT2D eigenvalue weighted by atomic mass is 10.1. The van der Waals surface area contributed by atoms with Gasteiger partial charge in [0.25, 0.3) is 0 Å². The summed E-state index contributed by atoms with van der Waals surface area (Å²) in [7, 11) is 0. The smallest absolute Gasteiger partial charge is 0.349 e. The molecule has 25 heavy (non-hydrogen) atoms. The molecule has 9 heteroatoms. The molecule has 0 unspecified atom stereocenters. The first kappa shape index (κ1) is 17.2. The fraction of sp³-hybridized carbons (Fsp3) is 0.0625. The Bertz CT molecular complexity index is 976. The highest BCUT2D eigenvalue weighted by atomic mass is 79.9. The molecule has 0 saturated heterocycles. The van der Waals surface area contributed by atoms with Gasteiger partial charge in [0, 0.05) is 15.5 Å². The number of anilines is 2. The van der Waals surface area contributed by atoms with Gasteiger partial charge < -0.3 is 5.32 Å². The van der Waals surface area contributed by atoms with E-state index in [1.54, 1.807) is 18.2 Å². The molecule has 0 atom stereocenters. The average Bonchev–Trinajstić information content (AvgIpc) is 2.54. The van der Waals surface area contributed by atoms with Crippen LogP contribution in [-0.2, 0) is 6.18 Å². The van der Waals surface area contributed by atoms with Crippen molar-refractivity contribution in [2.24, 2.45) is 0 Å². The second-order valence-corrected chi connectivity index (χ2v) is 6.06. The SMILES string of the molecule is O=[N+]([O-])c1cnc2ccc(Br)cc2c1Nc1cccc(C(F)(F)F)c1. The number of hydrogen-bond acceptors (Lipinski definition) is 4. The van der Waals surface area contributed by atoms with Crippen LogP contribution in [0.15, 0.2) is 53.1 Å². The van der Waals surface area contributed by atoms with Crippen LogP contribution in [0.5, 0.6) is 0 Å². The predicted molar refractivity (Wildman–Crippen MR) is 90.8 cm³/mol. The first-order valence-corrected chi connectivity index (χ1v) is 7.72. The average molecular weight is 412 g/mol. The first-order valence-electron chi connectivity index (χ1n) is 6.92. The Labute approximate surface area is 147 Å². The number of alkyl halides is 3. The zero-order valence-electron chi connectivity index (χ0n) is 12.3. The zero-order valence-corrected chi connectivity index (χ0v) is 13.9. The number of halogens is 4. The fourth-order valence-electron chi connectivity index (χ4n) is 2.34. The van der Waals surface area contributed by atoms with Gasteiger partial charge >= 0.3 is 11.9 Å². The molecule has 0 aliphatic carbocycles. The number of nitrogens with one attached hydrogen (secondary N) is 1. The second-order valence-electron chi connectivity index (χ2n) is 5.14. The van der Waals surface area contributed by atoms with Gasteiger partial charge in [-0.2, -0.15) is 13.2 Å². The third kappa shape index (κ3) is 3.55. The molecule has 2 aromatic carbocycles. The highest BCUT2D eigenvalue weighted by Gasteiger charge is 2.30. The molecule has 0 aliphatic rings. The Hall–Kier alpha value is -2.68. The molecule has 1 heterocycles. The summed E-state index contributed by atoms with van der Waals surface area (Å²) < 4.78 is 39.3. The third-order valence-electron chi connectivity index (χ3n) is 3.47. The standard InChI is InChI=1S/C16H9BrF3N3O2/c17-10-4-5-13-12(7-10)15(14(8-21-13)23(24)25)22-11-3-1-2-9(6-11)16(18,19)20/h1-8H,(H,21,22). The van der Waals surface area contributed by atoms with E-state index in [2.05, 4.69) is 26.2 Å². The van der Waals surface area contributed by atoms with Crippen molar-refractivity contribution < 1.29 is 18.1 Å². The van der Waals surface area contributed by atoms with Crippen molar-refractivity contribution in [1.29, 1.82) is 0 Å². The maximum Gasteiger partial charge on any atom is 0.416 e. The van der Waals surface area contributed by atoms with Crippen LogP contribution in [0.3, 0.4) is 0 Å². The van der Waals surface area contributed by atoms with Gasteiger partial charge in [-0.25, -0.2) is 4.98 Å². The number of fused-ring (bicyclic) bond motifs is 1. The summed E-state index contributed by atoms with van der Waals surface area (Å²) >= 11 is 3.28. The number of benzene rings is 2. The van der Waals surface area contributed by atoms with Crippen molar-refractivity contribution in [2.45, 2.75) is 6.18 Å². The molecule has 128 valence electrons. The Balaban J connectivity index is 2.16. The molecule has 3 aromatic rings. The largest absolute Gasteiger partial charge is 0.416 e. The molecular weight excluding hydrogens is 403 g/mol. The Kier molecular flexibility index (Phi) is 4.34. The maximum atomic E-state index is 12.9. The van der Waals surface area contributed by atoms with Gasteiger partial charge in [0.2, 0.25) is 0 Å². The monoisotopic (exact) mass is 411 g/mol. The Morgan fingerprint density at radius 1 is 1.16 bits per heavy atom. The molecule has 0 radical (unpaired) electrons. The van der Waals surface area contributed by atoms with E-state index >= 15 is 0 Å². The summed E-state index contributed by atoms with van der Waals surface area (Å²) in [4.78, 5) is 14.7. The summed E-state index contributed by atoms with van der Waals surface area (Å²) in [6, 6.07) is 9.45. The lowest BCUT2D eigenvalue weighted by molar-refractivity contribution is -0.384. The van der Waals surface area contributed by atoms with Crippen molar-refractivity contribution in [1.82, 2.24) is 4.98 Å². The van der Waals surface area contributed by atoms with Crippen molar-refractivity contribution in [3.05, 3.63) is 68.8 Å². The van der Waals surface area contributed by atoms with Crippen molar-refractivity contribution in [3.8, 4) is 0 Å². The minimum Gasteiger partial charge on any atom is -0.349 e. The van der Waals surface area contributed by atoms with Gasteiger partial charge in [-0.15, -0.1) is 0 Å². The van der Waals surface area contributed by atoms with E-state index < -0.39 is 16.7 Å². The molecule has 0 saturated carbocycles. The van der Waals surface area contributed by atoms with Crippen LogP contribution in [-0.4, -0.2) is 9.91 Å². The van der Waals surface area contributed by atoms with Gasteiger partial charge in [-0.3, -0.25) is 10.1 Å². The normalized spacial score (nSPS) is 11.5. The van der Waals surface area contributed by atoms with E-state index in [0.29, 0.717) is 15.4 Å². The predicted octanol–water partition coefficient (Wildman–Crippen LogP) is 5.67. The van der Waals surface area contributed by atoms with E-state index in [1.807, 2.05) is 0 Å². The Morgan fingerprint density at radius 3 is 2.60 bits per heavy atom. The van der Waals surface area contributed by atoms with Crippen molar-refractivity contribution >= 4 is 43.9 Å². The molecule has 5 nitrogen and oxygen atoms in total. The lowest BCUT2D eigenvalue weighted by Crippen LogP contribution is -2.05. The summed E-state index contributed by atoms with van der Waals surface area (Å²) in [6.45, 7) is 0. The third-order valence-corrected chi connectivity index (χ3v) is 3.96. The van der Waals surface area contributed by atoms with Crippen molar-refractivity contribution in [2.75, 3.05) is 5.32 Å². The van der Waals surface area contributed by atoms with E-state index in [1.165, 1.54) is 12.1 Å². The van der Waals surface area contributed by atoms with Gasteiger partial charge in [0.1, 0.15) is 11.9 Å². The summed E-state index contributed by atoms with van der Waals surface area (Å²) in [5.41, 5.74) is -0.535. The zero-order chi connectivity index (χ0) is 18.2.